The summed E-state index contributed by atoms with van der Waals surface area (Å²) >= 11 is 1.13. The smallest absolute Gasteiger partial charge is 0.263 e. The number of amides is 1. The summed E-state index contributed by atoms with van der Waals surface area (Å²) in [6.45, 7) is 5.04. The molecular weight excluding hydrogens is 310 g/mol. The molecule has 0 fully saturated rings. The highest BCUT2D eigenvalue weighted by atomic mass is 32.2. The second-order valence-corrected chi connectivity index (χ2v) is 7.84. The Morgan fingerprint density at radius 1 is 1.38 bits per heavy atom. The van der Waals surface area contributed by atoms with Gasteiger partial charge < -0.3 is 16.0 Å². The summed E-state index contributed by atoms with van der Waals surface area (Å²) in [6.07, 6.45) is 3.06. The second kappa shape index (κ2) is 7.13. The second-order valence-electron chi connectivity index (χ2n) is 4.89. The maximum absolute atomic E-state index is 12.0. The Morgan fingerprint density at radius 2 is 2.00 bits per heavy atom. The van der Waals surface area contributed by atoms with Gasteiger partial charge in [0.25, 0.3) is 5.91 Å². The lowest BCUT2D eigenvalue weighted by molar-refractivity contribution is 0.0960. The van der Waals surface area contributed by atoms with Crippen LogP contribution in [-0.4, -0.2) is 40.7 Å². The van der Waals surface area contributed by atoms with Crippen molar-refractivity contribution in [1.82, 2.24) is 5.32 Å². The predicted octanol–water partition coefficient (Wildman–Crippen LogP) is 1.72. The molecule has 21 heavy (non-hydrogen) atoms. The Labute approximate surface area is 130 Å². The molecule has 0 unspecified atom stereocenters. The number of hydrogen-bond acceptors (Lipinski definition) is 6. The van der Waals surface area contributed by atoms with E-state index in [4.69, 9.17) is 5.73 Å². The summed E-state index contributed by atoms with van der Waals surface area (Å²) in [7, 11) is -1.68. The Hall–Kier alpha value is -1.28. The Bertz CT molecular complexity index is 608. The molecule has 1 aromatic rings. The SMILES string of the molecule is CCCCN(C)c1sc(C(=O)NCC)c(N)c1S(C)(=O)=O. The number of unbranched alkanes of at least 4 members (excludes halogenated alkanes) is 1. The van der Waals surface area contributed by atoms with Gasteiger partial charge in [-0.1, -0.05) is 13.3 Å². The van der Waals surface area contributed by atoms with Gasteiger partial charge in [0.05, 0.1) is 5.69 Å². The van der Waals surface area contributed by atoms with Crippen LogP contribution in [0.25, 0.3) is 0 Å². The molecular formula is C13H23N3O3S2. The van der Waals surface area contributed by atoms with E-state index in [2.05, 4.69) is 12.2 Å². The molecule has 8 heteroatoms. The molecule has 0 aliphatic carbocycles. The molecule has 0 aromatic carbocycles. The highest BCUT2D eigenvalue weighted by Gasteiger charge is 2.28. The summed E-state index contributed by atoms with van der Waals surface area (Å²) in [5.41, 5.74) is 5.98. The van der Waals surface area contributed by atoms with Crippen LogP contribution in [0.5, 0.6) is 0 Å². The molecule has 0 aliphatic heterocycles. The molecule has 0 radical (unpaired) electrons. The van der Waals surface area contributed by atoms with E-state index < -0.39 is 9.84 Å². The van der Waals surface area contributed by atoms with Gasteiger partial charge in [-0.2, -0.15) is 0 Å². The van der Waals surface area contributed by atoms with E-state index in [0.717, 1.165) is 30.4 Å². The minimum Gasteiger partial charge on any atom is -0.396 e. The maximum Gasteiger partial charge on any atom is 0.263 e. The van der Waals surface area contributed by atoms with Crippen LogP contribution in [0.3, 0.4) is 0 Å². The van der Waals surface area contributed by atoms with Crippen molar-refractivity contribution in [3.8, 4) is 0 Å². The number of thiophene rings is 1. The van der Waals surface area contributed by atoms with Gasteiger partial charge in [0.1, 0.15) is 14.8 Å². The molecule has 0 bridgehead atoms. The summed E-state index contributed by atoms with van der Waals surface area (Å²) in [5.74, 6) is -0.333. The average Bonchev–Trinajstić information content (AvgIpc) is 2.73. The number of nitrogens with one attached hydrogen (secondary N) is 1. The van der Waals surface area contributed by atoms with Crippen molar-refractivity contribution in [3.63, 3.8) is 0 Å². The van der Waals surface area contributed by atoms with Crippen molar-refractivity contribution in [3.05, 3.63) is 4.88 Å². The number of nitrogens with zero attached hydrogens (tertiary/aromatic N) is 1. The van der Waals surface area contributed by atoms with Gasteiger partial charge in [0.2, 0.25) is 0 Å². The van der Waals surface area contributed by atoms with Crippen molar-refractivity contribution >= 4 is 37.8 Å². The molecule has 0 spiro atoms. The van der Waals surface area contributed by atoms with Gasteiger partial charge in [-0.05, 0) is 13.3 Å². The number of nitrogen functional groups attached to an aromatic ring is 1. The van der Waals surface area contributed by atoms with E-state index in [0.29, 0.717) is 18.1 Å². The number of anilines is 2. The first-order valence-electron chi connectivity index (χ1n) is 6.85. The third-order valence-electron chi connectivity index (χ3n) is 2.99. The van der Waals surface area contributed by atoms with Gasteiger partial charge in [0, 0.05) is 26.4 Å². The van der Waals surface area contributed by atoms with E-state index in [1.165, 1.54) is 0 Å². The average molecular weight is 333 g/mol. The molecule has 120 valence electrons. The lowest BCUT2D eigenvalue weighted by Crippen LogP contribution is -2.22. The zero-order valence-electron chi connectivity index (χ0n) is 12.9. The summed E-state index contributed by atoms with van der Waals surface area (Å²) in [6, 6.07) is 0. The monoisotopic (exact) mass is 333 g/mol. The van der Waals surface area contributed by atoms with Gasteiger partial charge in [-0.25, -0.2) is 8.42 Å². The minimum atomic E-state index is -3.50. The first-order valence-corrected chi connectivity index (χ1v) is 9.56. The van der Waals surface area contributed by atoms with E-state index in [9.17, 15) is 13.2 Å². The van der Waals surface area contributed by atoms with Gasteiger partial charge in [0.15, 0.2) is 9.84 Å². The maximum atomic E-state index is 12.0. The van der Waals surface area contributed by atoms with Crippen molar-refractivity contribution in [2.45, 2.75) is 31.6 Å². The number of nitrogens with two attached hydrogens (primary N) is 1. The molecule has 6 nitrogen and oxygen atoms in total. The van der Waals surface area contributed by atoms with Crippen LogP contribution >= 0.6 is 11.3 Å². The third-order valence-corrected chi connectivity index (χ3v) is 5.59. The van der Waals surface area contributed by atoms with Crippen LogP contribution in [0.2, 0.25) is 0 Å². The predicted molar refractivity (Wildman–Crippen MR) is 88.0 cm³/mol. The Kier molecular flexibility index (Phi) is 6.03. The van der Waals surface area contributed by atoms with Crippen molar-refractivity contribution < 1.29 is 13.2 Å². The van der Waals surface area contributed by atoms with Gasteiger partial charge >= 0.3 is 0 Å². The van der Waals surface area contributed by atoms with Crippen LogP contribution < -0.4 is 16.0 Å². The zero-order valence-corrected chi connectivity index (χ0v) is 14.5. The zero-order chi connectivity index (χ0) is 16.2. The van der Waals surface area contributed by atoms with Crippen LogP contribution in [0.1, 0.15) is 36.4 Å². The van der Waals surface area contributed by atoms with Crippen molar-refractivity contribution in [1.29, 1.82) is 0 Å². The third kappa shape index (κ3) is 4.10. The van der Waals surface area contributed by atoms with Crippen LogP contribution in [0.4, 0.5) is 10.7 Å². The topological polar surface area (TPSA) is 92.5 Å². The number of sulfone groups is 1. The summed E-state index contributed by atoms with van der Waals surface area (Å²) in [5, 5.41) is 3.19. The number of rotatable bonds is 7. The normalized spacial score (nSPS) is 11.4. The van der Waals surface area contributed by atoms with Crippen LogP contribution in [0, 0.1) is 0 Å². The van der Waals surface area contributed by atoms with E-state index in [-0.39, 0.29) is 21.4 Å². The fraction of sp³-hybridized carbons (Fsp3) is 0.615. The number of carbonyl (C=O) groups is 1. The highest BCUT2D eigenvalue weighted by molar-refractivity contribution is 7.91. The highest BCUT2D eigenvalue weighted by Crippen LogP contribution is 2.41. The number of hydrogen-bond donors (Lipinski definition) is 2. The molecule has 1 rings (SSSR count). The van der Waals surface area contributed by atoms with Gasteiger partial charge in [-0.3, -0.25) is 4.79 Å². The van der Waals surface area contributed by atoms with E-state index in [1.807, 2.05) is 11.9 Å². The standard InChI is InChI=1S/C13H23N3O3S2/c1-5-7-8-16(3)13-11(21(4,18)19)9(14)10(20-13)12(17)15-6-2/h5-8,14H2,1-4H3,(H,15,17). The fourth-order valence-electron chi connectivity index (χ4n) is 1.93. The molecule has 0 aliphatic rings. The van der Waals surface area contributed by atoms with E-state index >= 15 is 0 Å². The molecule has 1 amide bonds. The molecule has 0 atom stereocenters. The van der Waals surface area contributed by atoms with E-state index in [1.54, 1.807) is 6.92 Å². The lowest BCUT2D eigenvalue weighted by Gasteiger charge is -2.18. The number of carbonyl (C=O) groups excluding carboxylic acids is 1. The summed E-state index contributed by atoms with van der Waals surface area (Å²) in [4.78, 5) is 14.2. The fourth-order valence-corrected chi connectivity index (χ4v) is 4.57. The quantitative estimate of drug-likeness (QED) is 0.792. The van der Waals surface area contributed by atoms with Crippen LogP contribution in [-0.2, 0) is 9.84 Å². The van der Waals surface area contributed by atoms with Crippen LogP contribution in [0.15, 0.2) is 4.90 Å². The largest absolute Gasteiger partial charge is 0.396 e. The molecule has 3 N–H and O–H groups in total. The first kappa shape index (κ1) is 17.8. The molecule has 1 heterocycles. The minimum absolute atomic E-state index is 0.0480. The lowest BCUT2D eigenvalue weighted by atomic mass is 10.3. The molecule has 0 saturated carbocycles. The van der Waals surface area contributed by atoms with Gasteiger partial charge in [-0.15, -0.1) is 11.3 Å². The van der Waals surface area contributed by atoms with Crippen molar-refractivity contribution in [2.75, 3.05) is 37.0 Å². The first-order chi connectivity index (χ1) is 9.73. The van der Waals surface area contributed by atoms with Crippen molar-refractivity contribution in [2.24, 2.45) is 0 Å². The Balaban J connectivity index is 3.35. The summed E-state index contributed by atoms with van der Waals surface area (Å²) < 4.78 is 24.0. The molecule has 0 saturated heterocycles. The molecule has 1 aromatic heterocycles. The Morgan fingerprint density at radius 3 is 2.48 bits per heavy atom.